The van der Waals surface area contributed by atoms with Crippen molar-refractivity contribution in [2.24, 2.45) is 16.6 Å². The van der Waals surface area contributed by atoms with E-state index in [1.165, 1.54) is 5.56 Å². The van der Waals surface area contributed by atoms with Crippen molar-refractivity contribution in [1.29, 1.82) is 0 Å². The number of guanidine groups is 1. The van der Waals surface area contributed by atoms with Gasteiger partial charge in [0.05, 0.1) is 24.6 Å². The summed E-state index contributed by atoms with van der Waals surface area (Å²) in [6.07, 6.45) is 7.36. The monoisotopic (exact) mass is 510 g/mol. The second-order valence-corrected chi connectivity index (χ2v) is 12.0. The van der Waals surface area contributed by atoms with Crippen LogP contribution in [0.25, 0.3) is 0 Å². The highest BCUT2D eigenvalue weighted by Gasteiger charge is 2.43. The van der Waals surface area contributed by atoms with Crippen molar-refractivity contribution in [2.45, 2.75) is 108 Å². The number of rotatable bonds is 1. The maximum atomic E-state index is 13.5. The molecule has 5 aliphatic rings. The molecule has 8 nitrogen and oxygen atoms in total. The number of nitrogens with one attached hydrogen (secondary N) is 1. The Bertz CT molecular complexity index is 1070. The van der Waals surface area contributed by atoms with Crippen LogP contribution in [-0.4, -0.2) is 53.1 Å². The van der Waals surface area contributed by atoms with Gasteiger partial charge in [0.25, 0.3) is 0 Å². The average molecular weight is 511 g/mol. The molecule has 0 spiro atoms. The molecule has 0 aromatic heterocycles. The molecule has 5 heterocycles. The third kappa shape index (κ3) is 5.49. The van der Waals surface area contributed by atoms with Gasteiger partial charge in [-0.05, 0) is 64.0 Å². The fourth-order valence-corrected chi connectivity index (χ4v) is 6.67. The van der Waals surface area contributed by atoms with E-state index < -0.39 is 5.54 Å². The zero-order valence-electron chi connectivity index (χ0n) is 22.6. The summed E-state index contributed by atoms with van der Waals surface area (Å²) in [6.45, 7) is 7.35. The standard InChI is InChI=1S/C29H42N4O4/c1-4-29-13-6-5-7-19-8-10-24-21(15-19)22(16-28(2,3)37-24)31-25(34)11-9-20-18-36-14-12-23(20)33(26(35)17-29)27(30)32-29/h8,10,15,20,22-23H,4-7,9,11-14,16-18H2,1-3H3,(H2,30,32)(H,31,34)/t20?,22-,23?,29+/m0/s1. The lowest BCUT2D eigenvalue weighted by molar-refractivity contribution is -0.134. The maximum absolute atomic E-state index is 13.5. The highest BCUT2D eigenvalue weighted by Crippen LogP contribution is 2.41. The second kappa shape index (κ2) is 10.3. The predicted octanol–water partition coefficient (Wildman–Crippen LogP) is 4.01. The smallest absolute Gasteiger partial charge is 0.231 e. The molecule has 2 amide bonds. The maximum Gasteiger partial charge on any atom is 0.231 e. The van der Waals surface area contributed by atoms with Crippen molar-refractivity contribution >= 4 is 17.8 Å². The van der Waals surface area contributed by atoms with E-state index in [-0.39, 0.29) is 35.4 Å². The Morgan fingerprint density at radius 1 is 1.19 bits per heavy atom. The number of benzene rings is 1. The lowest BCUT2D eigenvalue weighted by Gasteiger charge is -2.44. The van der Waals surface area contributed by atoms with Gasteiger partial charge in [-0.3, -0.25) is 14.5 Å². The van der Waals surface area contributed by atoms with Gasteiger partial charge in [-0.2, -0.15) is 0 Å². The second-order valence-electron chi connectivity index (χ2n) is 12.0. The Morgan fingerprint density at radius 2 is 2.03 bits per heavy atom. The van der Waals surface area contributed by atoms with Crippen molar-refractivity contribution in [3.63, 3.8) is 0 Å². The van der Waals surface area contributed by atoms with Crippen LogP contribution in [0.5, 0.6) is 5.75 Å². The molecule has 0 saturated carbocycles. The number of ether oxygens (including phenoxy) is 2. The first kappa shape index (κ1) is 26.0. The van der Waals surface area contributed by atoms with Crippen LogP contribution >= 0.6 is 0 Å². The first-order valence-corrected chi connectivity index (χ1v) is 14.0. The average Bonchev–Trinajstić information content (AvgIpc) is 2.85. The van der Waals surface area contributed by atoms with Crippen molar-refractivity contribution in [2.75, 3.05) is 13.2 Å². The Balaban J connectivity index is 1.46. The van der Waals surface area contributed by atoms with Crippen LogP contribution in [-0.2, 0) is 20.7 Å². The summed E-state index contributed by atoms with van der Waals surface area (Å²) in [7, 11) is 0. The summed E-state index contributed by atoms with van der Waals surface area (Å²) in [5.74, 6) is 1.31. The molecule has 2 unspecified atom stereocenters. The van der Waals surface area contributed by atoms with Gasteiger partial charge in [-0.25, -0.2) is 4.99 Å². The fourth-order valence-electron chi connectivity index (χ4n) is 6.67. The molecule has 1 saturated heterocycles. The summed E-state index contributed by atoms with van der Waals surface area (Å²) < 4.78 is 12.1. The van der Waals surface area contributed by atoms with Crippen LogP contribution < -0.4 is 15.8 Å². The van der Waals surface area contributed by atoms with E-state index in [1.54, 1.807) is 4.90 Å². The number of nitrogens with zero attached hydrogens (tertiary/aromatic N) is 2. The lowest BCUT2D eigenvalue weighted by atomic mass is 9.83. The van der Waals surface area contributed by atoms with E-state index in [0.717, 1.165) is 49.8 Å². The molecule has 1 aromatic rings. The summed E-state index contributed by atoms with van der Waals surface area (Å²) in [4.78, 5) is 33.4. The molecular formula is C29H42N4O4. The van der Waals surface area contributed by atoms with Gasteiger partial charge in [0.2, 0.25) is 11.8 Å². The number of aliphatic imine (C=N–C) groups is 1. The van der Waals surface area contributed by atoms with Crippen LogP contribution in [0.2, 0.25) is 0 Å². The Labute approximate surface area is 220 Å². The summed E-state index contributed by atoms with van der Waals surface area (Å²) >= 11 is 0. The number of aryl methyl sites for hydroxylation is 1. The number of hydrogen-bond acceptors (Lipinski definition) is 6. The predicted molar refractivity (Wildman–Crippen MR) is 142 cm³/mol. The van der Waals surface area contributed by atoms with E-state index >= 15 is 0 Å². The third-order valence-electron chi connectivity index (χ3n) is 8.74. The SMILES string of the molecule is CC[C@@]12CCCCc3ccc4c(c3)[C@H](CC(C)(C)O4)NC(=O)CCC3COCCC3N(C(=O)C1)C(N)=N2. The van der Waals surface area contributed by atoms with E-state index in [0.29, 0.717) is 44.9 Å². The number of fused-ring (bicyclic) bond motifs is 7. The largest absolute Gasteiger partial charge is 0.487 e. The van der Waals surface area contributed by atoms with Gasteiger partial charge >= 0.3 is 0 Å². The van der Waals surface area contributed by atoms with Gasteiger partial charge in [0.1, 0.15) is 11.4 Å². The number of nitrogens with two attached hydrogens (primary N) is 1. The summed E-state index contributed by atoms with van der Waals surface area (Å²) in [5.41, 5.74) is 8.03. The van der Waals surface area contributed by atoms with Crippen molar-refractivity contribution < 1.29 is 19.1 Å². The van der Waals surface area contributed by atoms with E-state index in [2.05, 4.69) is 44.3 Å². The molecule has 4 bridgehead atoms. The molecule has 0 aliphatic carbocycles. The van der Waals surface area contributed by atoms with E-state index in [9.17, 15) is 9.59 Å². The minimum atomic E-state index is -0.427. The topological polar surface area (TPSA) is 106 Å². The zero-order valence-corrected chi connectivity index (χ0v) is 22.6. The first-order valence-electron chi connectivity index (χ1n) is 14.0. The van der Waals surface area contributed by atoms with Gasteiger partial charge in [-0.1, -0.05) is 25.5 Å². The number of amides is 2. The van der Waals surface area contributed by atoms with Crippen LogP contribution in [0, 0.1) is 5.92 Å². The minimum absolute atomic E-state index is 0.0149. The van der Waals surface area contributed by atoms with Crippen LogP contribution in [0.1, 0.15) is 95.7 Å². The highest BCUT2D eigenvalue weighted by atomic mass is 16.5. The molecular weight excluding hydrogens is 468 g/mol. The van der Waals surface area contributed by atoms with Crippen LogP contribution in [0.3, 0.4) is 0 Å². The fraction of sp³-hybridized carbons (Fsp3) is 0.690. The van der Waals surface area contributed by atoms with Gasteiger partial charge < -0.3 is 20.5 Å². The molecule has 8 heteroatoms. The molecule has 5 aliphatic heterocycles. The number of carbonyl (C=O) groups is 2. The molecule has 6 rings (SSSR count). The van der Waals surface area contributed by atoms with Crippen molar-refractivity contribution in [1.82, 2.24) is 10.2 Å². The van der Waals surface area contributed by atoms with Gasteiger partial charge in [-0.15, -0.1) is 0 Å². The van der Waals surface area contributed by atoms with Crippen LogP contribution in [0.15, 0.2) is 23.2 Å². The summed E-state index contributed by atoms with van der Waals surface area (Å²) in [5, 5.41) is 3.30. The Kier molecular flexibility index (Phi) is 7.22. The molecule has 4 atom stereocenters. The third-order valence-corrected chi connectivity index (χ3v) is 8.74. The molecule has 37 heavy (non-hydrogen) atoms. The molecule has 202 valence electrons. The minimum Gasteiger partial charge on any atom is -0.487 e. The molecule has 1 fully saturated rings. The van der Waals surface area contributed by atoms with Crippen molar-refractivity contribution in [3.05, 3.63) is 29.3 Å². The Hall–Kier alpha value is -2.61. The van der Waals surface area contributed by atoms with Crippen LogP contribution in [0.4, 0.5) is 0 Å². The molecule has 1 aromatic carbocycles. The number of hydrogen-bond donors (Lipinski definition) is 2. The quantitative estimate of drug-likeness (QED) is 0.594. The zero-order chi connectivity index (χ0) is 26.2. The van der Waals surface area contributed by atoms with Gasteiger partial charge in [0.15, 0.2) is 5.96 Å². The first-order chi connectivity index (χ1) is 17.7. The van der Waals surface area contributed by atoms with E-state index in [4.69, 9.17) is 20.2 Å². The Morgan fingerprint density at radius 3 is 2.81 bits per heavy atom. The molecule has 3 N–H and O–H groups in total. The lowest BCUT2D eigenvalue weighted by Crippen LogP contribution is -2.58. The van der Waals surface area contributed by atoms with E-state index in [1.807, 2.05) is 0 Å². The molecule has 0 radical (unpaired) electrons. The highest BCUT2D eigenvalue weighted by molar-refractivity contribution is 5.99. The number of carbonyl (C=O) groups excluding carboxylic acids is 2. The summed E-state index contributed by atoms with van der Waals surface area (Å²) in [6, 6.07) is 6.22. The van der Waals surface area contributed by atoms with Crippen molar-refractivity contribution in [3.8, 4) is 5.75 Å². The normalized spacial score (nSPS) is 32.4. The van der Waals surface area contributed by atoms with Gasteiger partial charge in [0, 0.05) is 37.0 Å².